The van der Waals surface area contributed by atoms with E-state index in [9.17, 15) is 9.59 Å². The number of hydrogen-bond donors (Lipinski definition) is 2. The van der Waals surface area contributed by atoms with Crippen molar-refractivity contribution in [3.63, 3.8) is 0 Å². The fourth-order valence-electron chi connectivity index (χ4n) is 2.28. The van der Waals surface area contributed by atoms with E-state index in [0.717, 1.165) is 12.0 Å². The number of amides is 2. The summed E-state index contributed by atoms with van der Waals surface area (Å²) < 4.78 is 0. The van der Waals surface area contributed by atoms with Crippen molar-refractivity contribution in [1.82, 2.24) is 10.7 Å². The van der Waals surface area contributed by atoms with Gasteiger partial charge in [-0.3, -0.25) is 20.0 Å². The van der Waals surface area contributed by atoms with Crippen molar-refractivity contribution in [1.29, 1.82) is 0 Å². The molecule has 0 saturated carbocycles. The number of hydrazine groups is 1. The van der Waals surface area contributed by atoms with Gasteiger partial charge in [0.15, 0.2) is 0 Å². The van der Waals surface area contributed by atoms with E-state index >= 15 is 0 Å². The molecule has 0 radical (unpaired) electrons. The molecule has 0 aliphatic carbocycles. The zero-order valence-electron chi connectivity index (χ0n) is 13.3. The summed E-state index contributed by atoms with van der Waals surface area (Å²) in [5, 5.41) is 6.19. The zero-order chi connectivity index (χ0) is 16.9. The van der Waals surface area contributed by atoms with Crippen LogP contribution in [0.3, 0.4) is 0 Å². The van der Waals surface area contributed by atoms with E-state index in [4.69, 9.17) is 0 Å². The van der Waals surface area contributed by atoms with E-state index in [-0.39, 0.29) is 24.2 Å². The summed E-state index contributed by atoms with van der Waals surface area (Å²) >= 11 is 1.66. The highest BCUT2D eigenvalue weighted by Crippen LogP contribution is 2.15. The largest absolute Gasteiger partial charge is 0.349 e. The standard InChI is InChI=1S/C17H18N4O2S/c1-12-4-6-13(7-5-12)21-15(22)11-19-16(20-21)17(23)18-9-8-14-3-2-10-24-14/h2-7,10H,8-9,11H2,1H3,(H,18,23)(H,19,20). The molecular weight excluding hydrogens is 324 g/mol. The molecule has 1 aromatic carbocycles. The van der Waals surface area contributed by atoms with Crippen LogP contribution in [0.25, 0.3) is 0 Å². The van der Waals surface area contributed by atoms with Gasteiger partial charge >= 0.3 is 0 Å². The molecule has 0 unspecified atom stereocenters. The summed E-state index contributed by atoms with van der Waals surface area (Å²) in [6.45, 7) is 2.45. The minimum absolute atomic E-state index is 0.0471. The number of benzene rings is 1. The van der Waals surface area contributed by atoms with Gasteiger partial charge in [0.2, 0.25) is 5.84 Å². The lowest BCUT2D eigenvalue weighted by Crippen LogP contribution is -2.55. The Morgan fingerprint density at radius 2 is 2.12 bits per heavy atom. The molecule has 1 aliphatic heterocycles. The van der Waals surface area contributed by atoms with Gasteiger partial charge < -0.3 is 5.32 Å². The van der Waals surface area contributed by atoms with Gasteiger partial charge in [0.05, 0.1) is 5.69 Å². The molecule has 2 aromatic rings. The lowest BCUT2D eigenvalue weighted by molar-refractivity contribution is -0.118. The molecule has 24 heavy (non-hydrogen) atoms. The number of nitrogens with one attached hydrogen (secondary N) is 2. The van der Waals surface area contributed by atoms with Crippen LogP contribution in [-0.2, 0) is 16.0 Å². The molecule has 0 spiro atoms. The average molecular weight is 342 g/mol. The molecule has 0 fully saturated rings. The smallest absolute Gasteiger partial charge is 0.288 e. The van der Waals surface area contributed by atoms with Crippen LogP contribution in [0.5, 0.6) is 0 Å². The molecule has 0 saturated heterocycles. The number of aliphatic imine (C=N–C) groups is 1. The van der Waals surface area contributed by atoms with Gasteiger partial charge in [-0.25, -0.2) is 5.01 Å². The fourth-order valence-corrected chi connectivity index (χ4v) is 2.99. The molecule has 1 aliphatic rings. The molecule has 2 N–H and O–H groups in total. The van der Waals surface area contributed by atoms with Crippen LogP contribution < -0.4 is 15.8 Å². The normalized spacial score (nSPS) is 14.1. The maximum Gasteiger partial charge on any atom is 0.288 e. The zero-order valence-corrected chi connectivity index (χ0v) is 14.1. The highest BCUT2D eigenvalue weighted by atomic mass is 32.1. The van der Waals surface area contributed by atoms with Crippen LogP contribution in [0.2, 0.25) is 0 Å². The molecular formula is C17H18N4O2S. The Morgan fingerprint density at radius 3 is 2.83 bits per heavy atom. The maximum atomic E-state index is 12.2. The topological polar surface area (TPSA) is 73.8 Å². The highest BCUT2D eigenvalue weighted by molar-refractivity contribution is 7.09. The summed E-state index contributed by atoms with van der Waals surface area (Å²) in [4.78, 5) is 29.5. The molecule has 2 heterocycles. The Labute approximate surface area is 144 Å². The number of amidine groups is 1. The van der Waals surface area contributed by atoms with E-state index in [1.165, 1.54) is 9.89 Å². The van der Waals surface area contributed by atoms with Crippen LogP contribution in [0, 0.1) is 6.92 Å². The predicted octanol–water partition coefficient (Wildman–Crippen LogP) is 1.67. The van der Waals surface area contributed by atoms with Crippen molar-refractivity contribution < 1.29 is 9.59 Å². The number of anilines is 1. The lowest BCUT2D eigenvalue weighted by Gasteiger charge is -2.27. The van der Waals surface area contributed by atoms with Crippen LogP contribution >= 0.6 is 11.3 Å². The van der Waals surface area contributed by atoms with E-state index in [2.05, 4.69) is 15.7 Å². The predicted molar refractivity (Wildman–Crippen MR) is 95.1 cm³/mol. The first-order valence-corrected chi connectivity index (χ1v) is 8.53. The second-order valence-corrected chi connectivity index (χ2v) is 6.46. The molecule has 6 nitrogen and oxygen atoms in total. The monoisotopic (exact) mass is 342 g/mol. The van der Waals surface area contributed by atoms with E-state index in [0.29, 0.717) is 12.2 Å². The average Bonchev–Trinajstić information content (AvgIpc) is 3.09. The number of thiophene rings is 1. The first-order valence-electron chi connectivity index (χ1n) is 7.65. The van der Waals surface area contributed by atoms with Gasteiger partial charge in [-0.05, 0) is 36.9 Å². The number of aryl methyl sites for hydroxylation is 1. The third-order valence-electron chi connectivity index (χ3n) is 3.58. The third-order valence-corrected chi connectivity index (χ3v) is 4.52. The van der Waals surface area contributed by atoms with Crippen molar-refractivity contribution in [2.45, 2.75) is 13.3 Å². The summed E-state index contributed by atoms with van der Waals surface area (Å²) in [6.07, 6.45) is 0.775. The Balaban J connectivity index is 1.60. The Bertz CT molecular complexity index is 753. The maximum absolute atomic E-state index is 12.2. The molecule has 0 atom stereocenters. The minimum Gasteiger partial charge on any atom is -0.349 e. The van der Waals surface area contributed by atoms with Gasteiger partial charge in [-0.2, -0.15) is 0 Å². The summed E-state index contributed by atoms with van der Waals surface area (Å²) in [7, 11) is 0. The summed E-state index contributed by atoms with van der Waals surface area (Å²) in [5.41, 5.74) is 4.59. The second kappa shape index (κ2) is 7.27. The van der Waals surface area contributed by atoms with Crippen molar-refractivity contribution in [3.8, 4) is 0 Å². The van der Waals surface area contributed by atoms with Gasteiger partial charge in [-0.1, -0.05) is 23.8 Å². The van der Waals surface area contributed by atoms with Crippen molar-refractivity contribution in [2.75, 3.05) is 18.1 Å². The number of hydrogen-bond acceptors (Lipinski definition) is 5. The number of carbonyl (C=O) groups is 2. The molecule has 2 amide bonds. The van der Waals surface area contributed by atoms with E-state index in [1.807, 2.05) is 48.7 Å². The minimum atomic E-state index is -0.309. The number of carbonyl (C=O) groups excluding carboxylic acids is 2. The molecule has 7 heteroatoms. The first-order chi connectivity index (χ1) is 11.6. The van der Waals surface area contributed by atoms with Crippen molar-refractivity contribution >= 4 is 34.7 Å². The molecule has 3 rings (SSSR count). The third kappa shape index (κ3) is 3.80. The second-order valence-electron chi connectivity index (χ2n) is 5.43. The number of nitrogens with zero attached hydrogens (tertiary/aromatic N) is 2. The van der Waals surface area contributed by atoms with Crippen molar-refractivity contribution in [2.24, 2.45) is 4.99 Å². The van der Waals surface area contributed by atoms with Gasteiger partial charge in [0.25, 0.3) is 11.8 Å². The molecule has 0 bridgehead atoms. The Hall–Kier alpha value is -2.67. The summed E-state index contributed by atoms with van der Waals surface area (Å²) in [5.74, 6) is -0.355. The van der Waals surface area contributed by atoms with Crippen LogP contribution in [0.4, 0.5) is 5.69 Å². The highest BCUT2D eigenvalue weighted by Gasteiger charge is 2.25. The number of rotatable bonds is 5. The van der Waals surface area contributed by atoms with Gasteiger partial charge in [0.1, 0.15) is 6.54 Å². The molecule has 1 aromatic heterocycles. The van der Waals surface area contributed by atoms with Crippen LogP contribution in [0.1, 0.15) is 10.4 Å². The molecule has 124 valence electrons. The SMILES string of the molecule is Cc1ccc(N2NC(C(=O)NCCc3cccs3)=NCC2=O)cc1. The fraction of sp³-hybridized carbons (Fsp3) is 0.235. The summed E-state index contributed by atoms with van der Waals surface area (Å²) in [6, 6.07) is 11.5. The van der Waals surface area contributed by atoms with Crippen LogP contribution in [-0.4, -0.2) is 30.7 Å². The Kier molecular flexibility index (Phi) is 4.90. The Morgan fingerprint density at radius 1 is 1.33 bits per heavy atom. The van der Waals surface area contributed by atoms with Gasteiger partial charge in [0, 0.05) is 11.4 Å². The van der Waals surface area contributed by atoms with Crippen molar-refractivity contribution in [3.05, 3.63) is 52.2 Å². The van der Waals surface area contributed by atoms with E-state index in [1.54, 1.807) is 11.3 Å². The van der Waals surface area contributed by atoms with Crippen LogP contribution in [0.15, 0.2) is 46.8 Å². The first kappa shape index (κ1) is 16.2. The lowest BCUT2D eigenvalue weighted by atomic mass is 10.2. The quantitative estimate of drug-likeness (QED) is 0.868. The van der Waals surface area contributed by atoms with E-state index < -0.39 is 0 Å². The van der Waals surface area contributed by atoms with Gasteiger partial charge in [-0.15, -0.1) is 11.3 Å².